The van der Waals surface area contributed by atoms with Crippen molar-refractivity contribution in [2.24, 2.45) is 0 Å². The molecule has 0 bridgehead atoms. The van der Waals surface area contributed by atoms with Gasteiger partial charge < -0.3 is 10.8 Å². The molecule has 1 rings (SSSR count). The Morgan fingerprint density at radius 1 is 1.47 bits per heavy atom. The Morgan fingerprint density at radius 2 is 2.20 bits per heavy atom. The van der Waals surface area contributed by atoms with Gasteiger partial charge in [-0.05, 0) is 18.7 Å². The molecule has 0 heterocycles. The molecule has 0 fully saturated rings. The van der Waals surface area contributed by atoms with Crippen molar-refractivity contribution in [1.82, 2.24) is 4.90 Å². The third kappa shape index (κ3) is 3.48. The molecule has 0 aliphatic rings. The Labute approximate surface area is 99.0 Å². The van der Waals surface area contributed by atoms with E-state index in [-0.39, 0.29) is 6.61 Å². The first-order chi connectivity index (χ1) is 7.19. The summed E-state index contributed by atoms with van der Waals surface area (Å²) in [5.41, 5.74) is 7.78. The Balaban J connectivity index is 2.78. The number of aliphatic hydroxyl groups excluding tert-OH is 1. The summed E-state index contributed by atoms with van der Waals surface area (Å²) in [4.78, 5) is 2.15. The van der Waals surface area contributed by atoms with E-state index >= 15 is 0 Å². The fourth-order valence-electron chi connectivity index (χ4n) is 1.46. The first kappa shape index (κ1) is 12.5. The number of halogens is 1. The smallest absolute Gasteiger partial charge is 0.0558 e. The first-order valence-corrected chi connectivity index (χ1v) is 5.84. The number of rotatable bonds is 5. The van der Waals surface area contributed by atoms with E-state index in [1.807, 2.05) is 18.2 Å². The lowest BCUT2D eigenvalue weighted by molar-refractivity contribution is 0.197. The Bertz CT molecular complexity index is 297. The summed E-state index contributed by atoms with van der Waals surface area (Å²) in [5.74, 6) is 0. The molecule has 0 aromatic heterocycles. The molecule has 15 heavy (non-hydrogen) atoms. The van der Waals surface area contributed by atoms with Gasteiger partial charge in [0.15, 0.2) is 0 Å². The highest BCUT2D eigenvalue weighted by molar-refractivity contribution is 9.10. The lowest BCUT2D eigenvalue weighted by Crippen LogP contribution is -2.26. The minimum Gasteiger partial charge on any atom is -0.398 e. The molecule has 0 aliphatic carbocycles. The van der Waals surface area contributed by atoms with Crippen LogP contribution in [0.3, 0.4) is 0 Å². The van der Waals surface area contributed by atoms with Crippen molar-refractivity contribution in [2.75, 3.05) is 25.4 Å². The van der Waals surface area contributed by atoms with Crippen LogP contribution in [-0.2, 0) is 6.54 Å². The molecular weight excluding hydrogens is 256 g/mol. The van der Waals surface area contributed by atoms with E-state index in [2.05, 4.69) is 27.8 Å². The van der Waals surface area contributed by atoms with E-state index in [1.165, 1.54) is 0 Å². The van der Waals surface area contributed by atoms with Crippen LogP contribution in [0.5, 0.6) is 0 Å². The minimum absolute atomic E-state index is 0.179. The molecule has 0 aliphatic heterocycles. The maximum absolute atomic E-state index is 8.90. The topological polar surface area (TPSA) is 49.5 Å². The Hall–Kier alpha value is -0.580. The normalized spacial score (nSPS) is 10.9. The molecule has 1 aromatic rings. The quantitative estimate of drug-likeness (QED) is 0.805. The van der Waals surface area contributed by atoms with E-state index in [9.17, 15) is 0 Å². The summed E-state index contributed by atoms with van der Waals surface area (Å²) in [6.45, 7) is 4.60. The second-order valence-electron chi connectivity index (χ2n) is 3.40. The predicted molar refractivity (Wildman–Crippen MR) is 66.6 cm³/mol. The standard InChI is InChI=1S/C11H17BrN2O/c1-2-14(6-7-15)8-9-10(12)4-3-5-11(9)13/h3-5,15H,2,6-8,13H2,1H3. The summed E-state index contributed by atoms with van der Waals surface area (Å²) in [6.07, 6.45) is 0. The highest BCUT2D eigenvalue weighted by Gasteiger charge is 2.08. The van der Waals surface area contributed by atoms with Crippen LogP contribution in [0.2, 0.25) is 0 Å². The van der Waals surface area contributed by atoms with Gasteiger partial charge in [0.1, 0.15) is 0 Å². The third-order valence-corrected chi connectivity index (χ3v) is 3.14. The van der Waals surface area contributed by atoms with Gasteiger partial charge in [0, 0.05) is 28.8 Å². The summed E-state index contributed by atoms with van der Waals surface area (Å²) in [7, 11) is 0. The van der Waals surface area contributed by atoms with Crippen LogP contribution in [0.4, 0.5) is 5.69 Å². The molecule has 84 valence electrons. The molecule has 1 aromatic carbocycles. The maximum atomic E-state index is 8.90. The van der Waals surface area contributed by atoms with E-state index in [0.717, 1.165) is 28.8 Å². The number of nitrogen functional groups attached to an aromatic ring is 1. The number of anilines is 1. The summed E-state index contributed by atoms with van der Waals surface area (Å²) < 4.78 is 1.03. The highest BCUT2D eigenvalue weighted by Crippen LogP contribution is 2.23. The first-order valence-electron chi connectivity index (χ1n) is 5.05. The van der Waals surface area contributed by atoms with Crippen LogP contribution >= 0.6 is 15.9 Å². The molecule has 3 nitrogen and oxygen atoms in total. The van der Waals surface area contributed by atoms with Crippen LogP contribution in [0.15, 0.2) is 22.7 Å². The lowest BCUT2D eigenvalue weighted by atomic mass is 10.1. The van der Waals surface area contributed by atoms with Crippen molar-refractivity contribution >= 4 is 21.6 Å². The average molecular weight is 273 g/mol. The van der Waals surface area contributed by atoms with Crippen LogP contribution in [0.1, 0.15) is 12.5 Å². The van der Waals surface area contributed by atoms with Gasteiger partial charge in [0.05, 0.1) is 6.61 Å². The molecule has 0 spiro atoms. The lowest BCUT2D eigenvalue weighted by Gasteiger charge is -2.20. The van der Waals surface area contributed by atoms with Crippen LogP contribution < -0.4 is 5.73 Å². The SMILES string of the molecule is CCN(CCO)Cc1c(N)cccc1Br. The molecule has 0 atom stereocenters. The Kier molecular flexibility index (Phi) is 5.08. The largest absolute Gasteiger partial charge is 0.398 e. The van der Waals surface area contributed by atoms with E-state index in [0.29, 0.717) is 6.54 Å². The molecule has 3 N–H and O–H groups in total. The van der Waals surface area contributed by atoms with Gasteiger partial charge in [-0.2, -0.15) is 0 Å². The number of hydrogen-bond acceptors (Lipinski definition) is 3. The Morgan fingerprint density at radius 3 is 2.73 bits per heavy atom. The highest BCUT2D eigenvalue weighted by atomic mass is 79.9. The molecular formula is C11H17BrN2O. The zero-order valence-electron chi connectivity index (χ0n) is 8.91. The molecule has 0 radical (unpaired) electrons. The second-order valence-corrected chi connectivity index (χ2v) is 4.25. The van der Waals surface area contributed by atoms with Gasteiger partial charge in [-0.1, -0.05) is 28.9 Å². The third-order valence-electron chi connectivity index (χ3n) is 2.40. The van der Waals surface area contributed by atoms with Gasteiger partial charge in [0.2, 0.25) is 0 Å². The van der Waals surface area contributed by atoms with Crippen molar-refractivity contribution in [1.29, 1.82) is 0 Å². The number of hydrogen-bond donors (Lipinski definition) is 2. The number of benzene rings is 1. The van der Waals surface area contributed by atoms with Crippen molar-refractivity contribution in [3.8, 4) is 0 Å². The van der Waals surface area contributed by atoms with Crippen LogP contribution in [0, 0.1) is 0 Å². The summed E-state index contributed by atoms with van der Waals surface area (Å²) in [6, 6.07) is 5.80. The van der Waals surface area contributed by atoms with E-state index < -0.39 is 0 Å². The molecule has 0 unspecified atom stereocenters. The van der Waals surface area contributed by atoms with E-state index in [4.69, 9.17) is 10.8 Å². The molecule has 0 saturated heterocycles. The van der Waals surface area contributed by atoms with E-state index in [1.54, 1.807) is 0 Å². The van der Waals surface area contributed by atoms with Crippen molar-refractivity contribution in [3.05, 3.63) is 28.2 Å². The van der Waals surface area contributed by atoms with Gasteiger partial charge >= 0.3 is 0 Å². The molecule has 0 amide bonds. The average Bonchev–Trinajstić information content (AvgIpc) is 2.22. The fraction of sp³-hybridized carbons (Fsp3) is 0.455. The van der Waals surface area contributed by atoms with Crippen molar-refractivity contribution in [3.63, 3.8) is 0 Å². The van der Waals surface area contributed by atoms with Crippen LogP contribution in [0.25, 0.3) is 0 Å². The van der Waals surface area contributed by atoms with Gasteiger partial charge in [0.25, 0.3) is 0 Å². The van der Waals surface area contributed by atoms with Crippen molar-refractivity contribution in [2.45, 2.75) is 13.5 Å². The van der Waals surface area contributed by atoms with Gasteiger partial charge in [-0.25, -0.2) is 0 Å². The number of nitrogens with two attached hydrogens (primary N) is 1. The number of likely N-dealkylation sites (N-methyl/N-ethyl adjacent to an activating group) is 1. The van der Waals surface area contributed by atoms with Gasteiger partial charge in [-0.3, -0.25) is 4.90 Å². The molecule has 0 saturated carbocycles. The number of aliphatic hydroxyl groups is 1. The fourth-order valence-corrected chi connectivity index (χ4v) is 1.96. The second kappa shape index (κ2) is 6.10. The van der Waals surface area contributed by atoms with Crippen molar-refractivity contribution < 1.29 is 5.11 Å². The van der Waals surface area contributed by atoms with Gasteiger partial charge in [-0.15, -0.1) is 0 Å². The zero-order chi connectivity index (χ0) is 11.3. The van der Waals surface area contributed by atoms with Crippen LogP contribution in [-0.4, -0.2) is 29.7 Å². The zero-order valence-corrected chi connectivity index (χ0v) is 10.5. The summed E-state index contributed by atoms with van der Waals surface area (Å²) in [5, 5.41) is 8.90. The monoisotopic (exact) mass is 272 g/mol. The molecule has 4 heteroatoms. The number of nitrogens with zero attached hydrogens (tertiary/aromatic N) is 1. The summed E-state index contributed by atoms with van der Waals surface area (Å²) >= 11 is 3.49. The minimum atomic E-state index is 0.179. The maximum Gasteiger partial charge on any atom is 0.0558 e. The predicted octanol–water partition coefficient (Wildman–Crippen LogP) is 1.85.